The van der Waals surface area contributed by atoms with Crippen LogP contribution in [0.2, 0.25) is 0 Å². The molecule has 1 aliphatic heterocycles. The predicted molar refractivity (Wildman–Crippen MR) is 85.7 cm³/mol. The molecule has 4 atom stereocenters. The van der Waals surface area contributed by atoms with Gasteiger partial charge in [-0.25, -0.2) is 0 Å². The van der Waals surface area contributed by atoms with Gasteiger partial charge in [0.05, 0.1) is 19.8 Å². The average molecular weight is 316 g/mol. The maximum absolute atomic E-state index is 9.84. The third-order valence-corrected chi connectivity index (χ3v) is 3.96. The van der Waals surface area contributed by atoms with E-state index < -0.39 is 24.4 Å². The Morgan fingerprint density at radius 2 is 1.86 bits per heavy atom. The van der Waals surface area contributed by atoms with E-state index >= 15 is 0 Å². The Morgan fingerprint density at radius 3 is 2.55 bits per heavy atom. The number of aliphatic hydroxyl groups excluding tert-OH is 3. The normalized spacial score (nSPS) is 26.8. The van der Waals surface area contributed by atoms with Crippen molar-refractivity contribution in [3.8, 4) is 0 Å². The van der Waals surface area contributed by atoms with Gasteiger partial charge in [0, 0.05) is 0 Å². The molecule has 0 aliphatic carbocycles. The van der Waals surface area contributed by atoms with Gasteiger partial charge in [-0.05, 0) is 12.8 Å². The van der Waals surface area contributed by atoms with Crippen molar-refractivity contribution in [1.82, 2.24) is 0 Å². The van der Waals surface area contributed by atoms with Crippen molar-refractivity contribution in [2.75, 3.05) is 19.8 Å². The first-order chi connectivity index (χ1) is 10.7. The number of ether oxygens (including phenoxy) is 2. The molecule has 1 rings (SSSR count). The van der Waals surface area contributed by atoms with E-state index in [-0.39, 0.29) is 13.2 Å². The Kier molecular flexibility index (Phi) is 10.7. The molecule has 1 fully saturated rings. The fraction of sp³-hybridized carbons (Fsp3) is 0.882. The van der Waals surface area contributed by atoms with E-state index in [0.29, 0.717) is 6.61 Å². The molecule has 0 spiro atoms. The molecular formula is C17H32O5. The first kappa shape index (κ1) is 19.6. The molecule has 1 heterocycles. The summed E-state index contributed by atoms with van der Waals surface area (Å²) >= 11 is 0. The van der Waals surface area contributed by atoms with Crippen molar-refractivity contribution < 1.29 is 24.8 Å². The van der Waals surface area contributed by atoms with Crippen LogP contribution in [0.5, 0.6) is 0 Å². The monoisotopic (exact) mass is 316 g/mol. The molecular weight excluding hydrogens is 284 g/mol. The highest BCUT2D eigenvalue weighted by Gasteiger charge is 2.39. The van der Waals surface area contributed by atoms with E-state index in [9.17, 15) is 15.3 Å². The first-order valence-corrected chi connectivity index (χ1v) is 8.55. The second kappa shape index (κ2) is 12.0. The molecule has 5 heteroatoms. The standard InChI is InChI=1S/C17H32O5/c1-2-3-4-5-6-7-8-9-10-11-21-12-15(19)17-16(20)14(18)13-22-17/h9-10,14-20H,2-8,11-13H2,1H3/b10-9+/t14-,15+,16+,17+/m0/s1. The zero-order chi connectivity index (χ0) is 16.2. The van der Waals surface area contributed by atoms with E-state index in [1.165, 1.54) is 38.5 Å². The lowest BCUT2D eigenvalue weighted by Crippen LogP contribution is -2.40. The number of unbranched alkanes of at least 4 members (excludes halogenated alkanes) is 6. The van der Waals surface area contributed by atoms with Crippen LogP contribution in [-0.2, 0) is 9.47 Å². The summed E-state index contributed by atoms with van der Waals surface area (Å²) < 4.78 is 10.5. The van der Waals surface area contributed by atoms with E-state index in [2.05, 4.69) is 13.0 Å². The van der Waals surface area contributed by atoms with Crippen LogP contribution >= 0.6 is 0 Å². The van der Waals surface area contributed by atoms with Gasteiger partial charge in [0.2, 0.25) is 0 Å². The van der Waals surface area contributed by atoms with Crippen LogP contribution in [0.25, 0.3) is 0 Å². The minimum Gasteiger partial charge on any atom is -0.388 e. The van der Waals surface area contributed by atoms with Crippen LogP contribution in [0, 0.1) is 0 Å². The molecule has 22 heavy (non-hydrogen) atoms. The van der Waals surface area contributed by atoms with Crippen molar-refractivity contribution in [3.63, 3.8) is 0 Å². The lowest BCUT2D eigenvalue weighted by atomic mass is 10.1. The number of aliphatic hydroxyl groups is 3. The Balaban J connectivity index is 1.95. The summed E-state index contributed by atoms with van der Waals surface area (Å²) in [6.45, 7) is 2.82. The largest absolute Gasteiger partial charge is 0.388 e. The molecule has 0 amide bonds. The summed E-state index contributed by atoms with van der Waals surface area (Å²) in [5, 5.41) is 28.8. The summed E-state index contributed by atoms with van der Waals surface area (Å²) in [5.74, 6) is 0. The summed E-state index contributed by atoms with van der Waals surface area (Å²) in [5.41, 5.74) is 0. The van der Waals surface area contributed by atoms with Crippen molar-refractivity contribution in [2.45, 2.75) is 76.3 Å². The number of allylic oxidation sites excluding steroid dienone is 1. The number of hydrogen-bond acceptors (Lipinski definition) is 5. The first-order valence-electron chi connectivity index (χ1n) is 8.55. The van der Waals surface area contributed by atoms with Crippen molar-refractivity contribution in [2.24, 2.45) is 0 Å². The molecule has 0 aromatic carbocycles. The van der Waals surface area contributed by atoms with Crippen LogP contribution in [0.15, 0.2) is 12.2 Å². The number of rotatable bonds is 12. The van der Waals surface area contributed by atoms with Gasteiger partial charge in [0.15, 0.2) is 0 Å². The lowest BCUT2D eigenvalue weighted by molar-refractivity contribution is -0.0782. The fourth-order valence-electron chi connectivity index (χ4n) is 2.54. The molecule has 0 bridgehead atoms. The minimum absolute atomic E-state index is 0.0566. The number of hydrogen-bond donors (Lipinski definition) is 3. The smallest absolute Gasteiger partial charge is 0.114 e. The topological polar surface area (TPSA) is 79.2 Å². The van der Waals surface area contributed by atoms with Crippen LogP contribution in [-0.4, -0.2) is 59.6 Å². The van der Waals surface area contributed by atoms with Gasteiger partial charge in [-0.15, -0.1) is 0 Å². The van der Waals surface area contributed by atoms with Crippen molar-refractivity contribution in [1.29, 1.82) is 0 Å². The third-order valence-electron chi connectivity index (χ3n) is 3.96. The molecule has 0 unspecified atom stereocenters. The van der Waals surface area contributed by atoms with E-state index in [1.54, 1.807) is 0 Å². The highest BCUT2D eigenvalue weighted by molar-refractivity contribution is 4.88. The highest BCUT2D eigenvalue weighted by atomic mass is 16.5. The highest BCUT2D eigenvalue weighted by Crippen LogP contribution is 2.17. The molecule has 0 aromatic rings. The van der Waals surface area contributed by atoms with Gasteiger partial charge in [-0.2, -0.15) is 0 Å². The molecule has 1 saturated heterocycles. The quantitative estimate of drug-likeness (QED) is 0.378. The van der Waals surface area contributed by atoms with Crippen LogP contribution in [0.1, 0.15) is 51.9 Å². The molecule has 0 radical (unpaired) electrons. The molecule has 130 valence electrons. The summed E-state index contributed by atoms with van der Waals surface area (Å²) in [6, 6.07) is 0. The Bertz CT molecular complexity index is 295. The zero-order valence-electron chi connectivity index (χ0n) is 13.7. The Hall–Kier alpha value is -0.460. The maximum Gasteiger partial charge on any atom is 0.114 e. The van der Waals surface area contributed by atoms with Gasteiger partial charge in [0.1, 0.15) is 24.4 Å². The molecule has 0 saturated carbocycles. The second-order valence-electron chi connectivity index (χ2n) is 5.99. The van der Waals surface area contributed by atoms with Gasteiger partial charge < -0.3 is 24.8 Å². The van der Waals surface area contributed by atoms with Gasteiger partial charge in [0.25, 0.3) is 0 Å². The van der Waals surface area contributed by atoms with Crippen LogP contribution in [0.3, 0.4) is 0 Å². The fourth-order valence-corrected chi connectivity index (χ4v) is 2.54. The van der Waals surface area contributed by atoms with Crippen LogP contribution in [0.4, 0.5) is 0 Å². The molecule has 5 nitrogen and oxygen atoms in total. The Labute approximate surface area is 133 Å². The Morgan fingerprint density at radius 1 is 1.14 bits per heavy atom. The zero-order valence-corrected chi connectivity index (χ0v) is 13.7. The van der Waals surface area contributed by atoms with Gasteiger partial charge in [-0.1, -0.05) is 51.2 Å². The summed E-state index contributed by atoms with van der Waals surface area (Å²) in [4.78, 5) is 0. The molecule has 0 aromatic heterocycles. The minimum atomic E-state index is -1.04. The van der Waals surface area contributed by atoms with Crippen molar-refractivity contribution in [3.05, 3.63) is 12.2 Å². The van der Waals surface area contributed by atoms with E-state index in [0.717, 1.165) is 6.42 Å². The molecule has 1 aliphatic rings. The van der Waals surface area contributed by atoms with Gasteiger partial charge in [-0.3, -0.25) is 0 Å². The van der Waals surface area contributed by atoms with Crippen molar-refractivity contribution >= 4 is 0 Å². The van der Waals surface area contributed by atoms with Crippen LogP contribution < -0.4 is 0 Å². The predicted octanol–water partition coefficient (Wildman–Crippen LogP) is 1.79. The van der Waals surface area contributed by atoms with Gasteiger partial charge >= 0.3 is 0 Å². The maximum atomic E-state index is 9.84. The second-order valence-corrected chi connectivity index (χ2v) is 5.99. The summed E-state index contributed by atoms with van der Waals surface area (Å²) in [7, 11) is 0. The van der Waals surface area contributed by atoms with E-state index in [1.807, 2.05) is 6.08 Å². The lowest BCUT2D eigenvalue weighted by Gasteiger charge is -2.20. The molecule has 3 N–H and O–H groups in total. The summed E-state index contributed by atoms with van der Waals surface area (Å²) in [6.07, 6.45) is 9.26. The van der Waals surface area contributed by atoms with E-state index in [4.69, 9.17) is 9.47 Å². The third kappa shape index (κ3) is 7.70. The average Bonchev–Trinajstić information content (AvgIpc) is 2.84. The SMILES string of the molecule is CCCCCCCC/C=C/COC[C@@H](O)[C@H]1OC[C@H](O)[C@H]1O.